The van der Waals surface area contributed by atoms with Gasteiger partial charge in [-0.05, 0) is 29.7 Å². The second kappa shape index (κ2) is 9.93. The van der Waals surface area contributed by atoms with Crippen LogP contribution in [-0.2, 0) is 27.4 Å². The molecule has 0 fully saturated rings. The molecule has 0 spiro atoms. The molecule has 142 valence electrons. The predicted molar refractivity (Wildman–Crippen MR) is 99.0 cm³/mol. The first kappa shape index (κ1) is 19.9. The number of alkyl carbamates (subject to hydrolysis) is 1. The van der Waals surface area contributed by atoms with E-state index in [1.165, 1.54) is 0 Å². The van der Waals surface area contributed by atoms with Crippen molar-refractivity contribution in [3.63, 3.8) is 0 Å². The molecule has 0 radical (unpaired) electrons. The van der Waals surface area contributed by atoms with Gasteiger partial charge in [0.25, 0.3) is 0 Å². The van der Waals surface area contributed by atoms with Crippen molar-refractivity contribution in [1.82, 2.24) is 5.32 Å². The molecular weight excluding hydrogens is 350 g/mol. The maximum atomic E-state index is 11.9. The molecule has 0 aliphatic heterocycles. The van der Waals surface area contributed by atoms with E-state index in [1.54, 1.807) is 24.3 Å². The van der Waals surface area contributed by atoms with E-state index in [-0.39, 0.29) is 19.6 Å². The smallest absolute Gasteiger partial charge is 0.407 e. The number of carbonyl (C=O) groups is 3. The van der Waals surface area contributed by atoms with Gasteiger partial charge in [-0.25, -0.2) is 4.79 Å². The highest BCUT2D eigenvalue weighted by atomic mass is 16.5. The number of aliphatic carboxylic acids is 1. The van der Waals surface area contributed by atoms with Gasteiger partial charge >= 0.3 is 12.1 Å². The van der Waals surface area contributed by atoms with Gasteiger partial charge in [-0.2, -0.15) is 0 Å². The predicted octanol–water partition coefficient (Wildman–Crippen LogP) is 1.51. The van der Waals surface area contributed by atoms with Crippen LogP contribution in [0.4, 0.5) is 10.5 Å². The van der Waals surface area contributed by atoms with Crippen molar-refractivity contribution in [2.45, 2.75) is 19.1 Å². The molecule has 2 aromatic carbocycles. The van der Waals surface area contributed by atoms with Crippen molar-refractivity contribution in [3.8, 4) is 0 Å². The molecule has 5 N–H and O–H groups in total. The van der Waals surface area contributed by atoms with Crippen LogP contribution in [-0.4, -0.2) is 35.7 Å². The highest BCUT2D eigenvalue weighted by Gasteiger charge is 2.12. The summed E-state index contributed by atoms with van der Waals surface area (Å²) in [5.74, 6) is -1.49. The Balaban J connectivity index is 1.72. The van der Waals surface area contributed by atoms with E-state index in [1.807, 2.05) is 30.3 Å². The van der Waals surface area contributed by atoms with Crippen molar-refractivity contribution in [2.24, 2.45) is 5.73 Å². The van der Waals surface area contributed by atoms with Crippen molar-refractivity contribution in [3.05, 3.63) is 65.7 Å². The highest BCUT2D eigenvalue weighted by molar-refractivity contribution is 5.93. The van der Waals surface area contributed by atoms with E-state index in [0.29, 0.717) is 5.69 Å². The standard InChI is InChI=1S/C19H21N3O5/c20-16(18(24)25)10-13-6-8-15(9-7-13)22-17(23)11-21-19(26)27-12-14-4-2-1-3-5-14/h1-9,16H,10-12,20H2,(H,21,26)(H,22,23)(H,24,25). The van der Waals surface area contributed by atoms with Crippen molar-refractivity contribution in [2.75, 3.05) is 11.9 Å². The minimum absolute atomic E-state index is 0.119. The Labute approximate surface area is 156 Å². The van der Waals surface area contributed by atoms with Gasteiger partial charge in [0, 0.05) is 5.69 Å². The van der Waals surface area contributed by atoms with E-state index in [0.717, 1.165) is 11.1 Å². The average Bonchev–Trinajstić information content (AvgIpc) is 2.67. The summed E-state index contributed by atoms with van der Waals surface area (Å²) in [6, 6.07) is 14.8. The second-order valence-corrected chi connectivity index (χ2v) is 5.81. The normalized spacial score (nSPS) is 11.3. The van der Waals surface area contributed by atoms with Crippen LogP contribution in [0.25, 0.3) is 0 Å². The number of carboxylic acid groups (broad SMARTS) is 1. The van der Waals surface area contributed by atoms with Crippen LogP contribution in [0, 0.1) is 0 Å². The lowest BCUT2D eigenvalue weighted by Gasteiger charge is -2.09. The Morgan fingerprint density at radius 3 is 2.30 bits per heavy atom. The maximum Gasteiger partial charge on any atom is 0.407 e. The highest BCUT2D eigenvalue weighted by Crippen LogP contribution is 2.11. The zero-order chi connectivity index (χ0) is 19.6. The fourth-order valence-electron chi connectivity index (χ4n) is 2.20. The third kappa shape index (κ3) is 7.17. The molecular formula is C19H21N3O5. The number of benzene rings is 2. The lowest BCUT2D eigenvalue weighted by atomic mass is 10.1. The van der Waals surface area contributed by atoms with Crippen molar-refractivity contribution >= 4 is 23.7 Å². The SMILES string of the molecule is NC(Cc1ccc(NC(=O)CNC(=O)OCc2ccccc2)cc1)C(=O)O. The second-order valence-electron chi connectivity index (χ2n) is 5.81. The van der Waals surface area contributed by atoms with Crippen molar-refractivity contribution < 1.29 is 24.2 Å². The first-order valence-corrected chi connectivity index (χ1v) is 8.26. The van der Waals surface area contributed by atoms with Crippen LogP contribution in [0.3, 0.4) is 0 Å². The number of ether oxygens (including phenoxy) is 1. The van der Waals surface area contributed by atoms with Gasteiger partial charge in [0.1, 0.15) is 19.2 Å². The third-order valence-electron chi connectivity index (χ3n) is 3.62. The Bertz CT molecular complexity index is 778. The number of hydrogen-bond acceptors (Lipinski definition) is 5. The number of rotatable bonds is 8. The van der Waals surface area contributed by atoms with E-state index < -0.39 is 24.0 Å². The topological polar surface area (TPSA) is 131 Å². The van der Waals surface area contributed by atoms with E-state index in [2.05, 4.69) is 10.6 Å². The summed E-state index contributed by atoms with van der Waals surface area (Å²) in [7, 11) is 0. The van der Waals surface area contributed by atoms with Gasteiger partial charge in [0.05, 0.1) is 0 Å². The van der Waals surface area contributed by atoms with E-state index in [9.17, 15) is 14.4 Å². The van der Waals surface area contributed by atoms with Gasteiger partial charge in [-0.3, -0.25) is 9.59 Å². The molecule has 1 atom stereocenters. The number of hydrogen-bond donors (Lipinski definition) is 4. The monoisotopic (exact) mass is 371 g/mol. The van der Waals surface area contributed by atoms with Crippen LogP contribution < -0.4 is 16.4 Å². The molecule has 8 heteroatoms. The number of amides is 2. The Hall–Kier alpha value is -3.39. The van der Waals surface area contributed by atoms with Gasteiger partial charge in [-0.15, -0.1) is 0 Å². The van der Waals surface area contributed by atoms with Gasteiger partial charge in [-0.1, -0.05) is 42.5 Å². The molecule has 2 amide bonds. The average molecular weight is 371 g/mol. The van der Waals surface area contributed by atoms with E-state index in [4.69, 9.17) is 15.6 Å². The fraction of sp³-hybridized carbons (Fsp3) is 0.211. The van der Waals surface area contributed by atoms with Gasteiger partial charge in [0.15, 0.2) is 0 Å². The summed E-state index contributed by atoms with van der Waals surface area (Å²) in [6.07, 6.45) is -0.495. The first-order valence-electron chi connectivity index (χ1n) is 8.26. The van der Waals surface area contributed by atoms with Crippen LogP contribution in [0.2, 0.25) is 0 Å². The van der Waals surface area contributed by atoms with Gasteiger partial charge < -0.3 is 26.2 Å². The molecule has 2 aromatic rings. The Kier molecular flexibility index (Phi) is 7.33. The van der Waals surface area contributed by atoms with Crippen LogP contribution in [0.15, 0.2) is 54.6 Å². The summed E-state index contributed by atoms with van der Waals surface area (Å²) < 4.78 is 5.01. The number of nitrogens with two attached hydrogens (primary N) is 1. The minimum Gasteiger partial charge on any atom is -0.480 e. The zero-order valence-electron chi connectivity index (χ0n) is 14.6. The minimum atomic E-state index is -1.07. The summed E-state index contributed by atoms with van der Waals surface area (Å²) in [6.45, 7) is -0.118. The molecule has 1 unspecified atom stereocenters. The number of carbonyl (C=O) groups excluding carboxylic acids is 2. The molecule has 0 aromatic heterocycles. The third-order valence-corrected chi connectivity index (χ3v) is 3.62. The molecule has 2 rings (SSSR count). The summed E-state index contributed by atoms with van der Waals surface area (Å²) >= 11 is 0. The number of carboxylic acids is 1. The molecule has 27 heavy (non-hydrogen) atoms. The largest absolute Gasteiger partial charge is 0.480 e. The van der Waals surface area contributed by atoms with Crippen molar-refractivity contribution in [1.29, 1.82) is 0 Å². The molecule has 0 bridgehead atoms. The number of nitrogens with one attached hydrogen (secondary N) is 2. The first-order chi connectivity index (χ1) is 12.9. The Morgan fingerprint density at radius 1 is 1.00 bits per heavy atom. The zero-order valence-corrected chi connectivity index (χ0v) is 14.6. The number of anilines is 1. The van der Waals surface area contributed by atoms with Crippen LogP contribution >= 0.6 is 0 Å². The molecule has 0 aliphatic carbocycles. The summed E-state index contributed by atoms with van der Waals surface area (Å²) in [5, 5.41) is 13.8. The molecule has 0 saturated heterocycles. The van der Waals surface area contributed by atoms with Gasteiger partial charge in [0.2, 0.25) is 5.91 Å². The lowest BCUT2D eigenvalue weighted by Crippen LogP contribution is -2.33. The molecule has 8 nitrogen and oxygen atoms in total. The maximum absolute atomic E-state index is 11.9. The molecule has 0 heterocycles. The molecule has 0 aliphatic rings. The summed E-state index contributed by atoms with van der Waals surface area (Å²) in [5.41, 5.74) is 7.58. The quantitative estimate of drug-likeness (QED) is 0.556. The lowest BCUT2D eigenvalue weighted by molar-refractivity contribution is -0.138. The summed E-state index contributed by atoms with van der Waals surface area (Å²) in [4.78, 5) is 34.2. The van der Waals surface area contributed by atoms with E-state index >= 15 is 0 Å². The molecule has 0 saturated carbocycles. The Morgan fingerprint density at radius 2 is 1.67 bits per heavy atom. The van der Waals surface area contributed by atoms with Crippen LogP contribution in [0.1, 0.15) is 11.1 Å². The fourth-order valence-corrected chi connectivity index (χ4v) is 2.20. The van der Waals surface area contributed by atoms with Crippen LogP contribution in [0.5, 0.6) is 0 Å².